The number of nitrogens with zero attached hydrogens (tertiary/aromatic N) is 1. The minimum Gasteiger partial charge on any atom is -0.461 e. The third kappa shape index (κ3) is 1.84. The fraction of sp³-hybridized carbons (Fsp3) is 0.158. The van der Waals surface area contributed by atoms with Crippen LogP contribution in [-0.4, -0.2) is 11.8 Å². The van der Waals surface area contributed by atoms with Crippen molar-refractivity contribution in [2.75, 3.05) is 4.90 Å². The highest BCUT2D eigenvalue weighted by molar-refractivity contribution is 6.34. The molecule has 23 heavy (non-hydrogen) atoms. The third-order valence-electron chi connectivity index (χ3n) is 4.39. The van der Waals surface area contributed by atoms with Gasteiger partial charge in [0.05, 0.1) is 16.8 Å². The number of carbonyl (C=O) groups excluding carboxylic acids is 2. The summed E-state index contributed by atoms with van der Waals surface area (Å²) in [6.45, 7) is 4.03. The molecule has 0 fully saturated rings. The van der Waals surface area contributed by atoms with Crippen molar-refractivity contribution < 1.29 is 14.0 Å². The molecule has 2 amide bonds. The van der Waals surface area contributed by atoms with Crippen molar-refractivity contribution in [2.45, 2.75) is 20.3 Å². The van der Waals surface area contributed by atoms with E-state index in [9.17, 15) is 9.59 Å². The van der Waals surface area contributed by atoms with Crippen LogP contribution >= 0.6 is 0 Å². The first-order valence-electron chi connectivity index (χ1n) is 7.61. The topological polar surface area (TPSA) is 50.5 Å². The average molecular weight is 305 g/mol. The van der Waals surface area contributed by atoms with E-state index in [2.05, 4.69) is 0 Å². The van der Waals surface area contributed by atoms with Gasteiger partial charge in [-0.2, -0.15) is 0 Å². The van der Waals surface area contributed by atoms with Crippen LogP contribution in [0, 0.1) is 6.92 Å². The van der Waals surface area contributed by atoms with E-state index >= 15 is 0 Å². The summed E-state index contributed by atoms with van der Waals surface area (Å²) in [6.07, 6.45) is 0.808. The lowest BCUT2D eigenvalue weighted by atomic mass is 10.1. The first kappa shape index (κ1) is 13.8. The first-order chi connectivity index (χ1) is 11.1. The third-order valence-corrected chi connectivity index (χ3v) is 4.39. The number of benzene rings is 2. The summed E-state index contributed by atoms with van der Waals surface area (Å²) in [6, 6.07) is 12.3. The second-order valence-electron chi connectivity index (χ2n) is 5.68. The summed E-state index contributed by atoms with van der Waals surface area (Å²) < 4.78 is 5.79. The molecule has 2 aromatic carbocycles. The Morgan fingerprint density at radius 1 is 1.00 bits per heavy atom. The first-order valence-corrected chi connectivity index (χ1v) is 7.61. The van der Waals surface area contributed by atoms with Crippen molar-refractivity contribution >= 4 is 28.5 Å². The number of anilines is 1. The maximum Gasteiger partial charge on any atom is 0.266 e. The van der Waals surface area contributed by atoms with E-state index in [1.54, 1.807) is 30.3 Å². The Labute approximate surface area is 133 Å². The molecule has 3 aromatic rings. The van der Waals surface area contributed by atoms with Crippen molar-refractivity contribution in [3.63, 3.8) is 0 Å². The molecule has 0 unspecified atom stereocenters. The van der Waals surface area contributed by atoms with Crippen molar-refractivity contribution in [2.24, 2.45) is 0 Å². The molecule has 4 heteroatoms. The van der Waals surface area contributed by atoms with Gasteiger partial charge in [-0.3, -0.25) is 9.59 Å². The predicted octanol–water partition coefficient (Wildman–Crippen LogP) is 4.10. The SMILES string of the molecule is CCc1oc2ccc(N3C(=O)c4ccccc4C3=O)cc2c1C. The van der Waals surface area contributed by atoms with Gasteiger partial charge in [-0.1, -0.05) is 19.1 Å². The van der Waals surface area contributed by atoms with Crippen molar-refractivity contribution in [1.29, 1.82) is 0 Å². The van der Waals surface area contributed by atoms with Gasteiger partial charge in [0.15, 0.2) is 0 Å². The van der Waals surface area contributed by atoms with Crippen LogP contribution in [0.3, 0.4) is 0 Å². The fourth-order valence-electron chi connectivity index (χ4n) is 3.16. The predicted molar refractivity (Wildman–Crippen MR) is 87.9 cm³/mol. The van der Waals surface area contributed by atoms with E-state index < -0.39 is 0 Å². The molecular formula is C19H15NO3. The molecule has 0 saturated heterocycles. The van der Waals surface area contributed by atoms with Gasteiger partial charge in [-0.25, -0.2) is 4.90 Å². The van der Waals surface area contributed by atoms with E-state index in [4.69, 9.17) is 4.42 Å². The van der Waals surface area contributed by atoms with E-state index in [1.807, 2.05) is 26.0 Å². The fourth-order valence-corrected chi connectivity index (χ4v) is 3.16. The minimum atomic E-state index is -0.276. The summed E-state index contributed by atoms with van der Waals surface area (Å²) in [5.41, 5.74) is 3.32. The Morgan fingerprint density at radius 3 is 2.26 bits per heavy atom. The van der Waals surface area contributed by atoms with Crippen LogP contribution in [0.2, 0.25) is 0 Å². The largest absolute Gasteiger partial charge is 0.461 e. The van der Waals surface area contributed by atoms with Gasteiger partial charge >= 0.3 is 0 Å². The van der Waals surface area contributed by atoms with Crippen molar-refractivity contribution in [1.82, 2.24) is 0 Å². The molecule has 114 valence electrons. The van der Waals surface area contributed by atoms with Crippen LogP contribution in [-0.2, 0) is 6.42 Å². The summed E-state index contributed by atoms with van der Waals surface area (Å²) in [5, 5.41) is 0.941. The summed E-state index contributed by atoms with van der Waals surface area (Å²) >= 11 is 0. The highest BCUT2D eigenvalue weighted by Gasteiger charge is 2.36. The zero-order valence-electron chi connectivity index (χ0n) is 12.9. The Kier molecular flexibility index (Phi) is 2.88. The number of fused-ring (bicyclic) bond motifs is 2. The van der Waals surface area contributed by atoms with E-state index in [0.29, 0.717) is 16.8 Å². The molecule has 0 spiro atoms. The summed E-state index contributed by atoms with van der Waals surface area (Å²) in [4.78, 5) is 26.4. The molecule has 0 atom stereocenters. The number of furan rings is 1. The van der Waals surface area contributed by atoms with Gasteiger partial charge in [-0.15, -0.1) is 0 Å². The average Bonchev–Trinajstić information content (AvgIpc) is 3.03. The van der Waals surface area contributed by atoms with E-state index in [-0.39, 0.29) is 11.8 Å². The standard InChI is InChI=1S/C19H15NO3/c1-3-16-11(2)15-10-12(8-9-17(15)23-16)20-18(21)13-6-4-5-7-14(13)19(20)22/h4-10H,3H2,1-2H3. The number of hydrogen-bond acceptors (Lipinski definition) is 3. The Hall–Kier alpha value is -2.88. The van der Waals surface area contributed by atoms with Crippen molar-refractivity contribution in [3.05, 3.63) is 64.9 Å². The Balaban J connectivity index is 1.86. The number of rotatable bonds is 2. The summed E-state index contributed by atoms with van der Waals surface area (Å²) in [7, 11) is 0. The maximum atomic E-state index is 12.6. The van der Waals surface area contributed by atoms with Gasteiger partial charge in [0.2, 0.25) is 0 Å². The smallest absolute Gasteiger partial charge is 0.266 e. The molecule has 4 nitrogen and oxygen atoms in total. The molecule has 0 bridgehead atoms. The van der Waals surface area contributed by atoms with Gasteiger partial charge in [0, 0.05) is 11.8 Å². The van der Waals surface area contributed by atoms with Crippen LogP contribution in [0.25, 0.3) is 11.0 Å². The highest BCUT2D eigenvalue weighted by atomic mass is 16.3. The van der Waals surface area contributed by atoms with Crippen molar-refractivity contribution in [3.8, 4) is 0 Å². The molecule has 0 N–H and O–H groups in total. The van der Waals surface area contributed by atoms with Crippen LogP contribution in [0.5, 0.6) is 0 Å². The molecule has 4 rings (SSSR count). The molecular weight excluding hydrogens is 290 g/mol. The number of imide groups is 1. The molecule has 2 heterocycles. The summed E-state index contributed by atoms with van der Waals surface area (Å²) in [5.74, 6) is 0.378. The van der Waals surface area contributed by atoms with Crippen LogP contribution in [0.1, 0.15) is 39.0 Å². The quantitative estimate of drug-likeness (QED) is 0.670. The van der Waals surface area contributed by atoms with E-state index in [1.165, 1.54) is 4.90 Å². The van der Waals surface area contributed by atoms with Gasteiger partial charge in [0.1, 0.15) is 11.3 Å². The van der Waals surface area contributed by atoms with Crippen LogP contribution in [0.4, 0.5) is 5.69 Å². The zero-order valence-corrected chi connectivity index (χ0v) is 12.9. The second kappa shape index (κ2) is 4.81. The van der Waals surface area contributed by atoms with Crippen LogP contribution in [0.15, 0.2) is 46.9 Å². The highest BCUT2D eigenvalue weighted by Crippen LogP contribution is 2.33. The Bertz CT molecular complexity index is 933. The number of aryl methyl sites for hydroxylation is 2. The van der Waals surface area contributed by atoms with Gasteiger partial charge in [-0.05, 0) is 42.8 Å². The normalized spacial score (nSPS) is 13.9. The van der Waals surface area contributed by atoms with E-state index in [0.717, 1.165) is 28.7 Å². The number of hydrogen-bond donors (Lipinski definition) is 0. The molecule has 0 aliphatic carbocycles. The van der Waals surface area contributed by atoms with Crippen LogP contribution < -0.4 is 4.90 Å². The molecule has 0 radical (unpaired) electrons. The number of amides is 2. The monoisotopic (exact) mass is 305 g/mol. The Morgan fingerprint density at radius 2 is 1.65 bits per heavy atom. The number of carbonyl (C=O) groups is 2. The second-order valence-corrected chi connectivity index (χ2v) is 5.68. The maximum absolute atomic E-state index is 12.6. The lowest BCUT2D eigenvalue weighted by molar-refractivity contribution is 0.0926. The zero-order chi connectivity index (χ0) is 16.1. The van der Waals surface area contributed by atoms with Gasteiger partial charge < -0.3 is 4.42 Å². The lowest BCUT2D eigenvalue weighted by Crippen LogP contribution is -2.29. The molecule has 1 aliphatic rings. The molecule has 1 aromatic heterocycles. The molecule has 0 saturated carbocycles. The minimum absolute atomic E-state index is 0.276. The molecule has 1 aliphatic heterocycles. The lowest BCUT2D eigenvalue weighted by Gasteiger charge is -2.13. The van der Waals surface area contributed by atoms with Gasteiger partial charge in [0.25, 0.3) is 11.8 Å².